The summed E-state index contributed by atoms with van der Waals surface area (Å²) in [5, 5.41) is 4.97. The van der Waals surface area contributed by atoms with Gasteiger partial charge in [0.1, 0.15) is 10.5 Å². The largest absolute Gasteiger partial charge is 0.573 e. The molecule has 19 heteroatoms. The van der Waals surface area contributed by atoms with E-state index in [1.807, 2.05) is 9.62 Å². The van der Waals surface area contributed by atoms with Gasteiger partial charge in [0.15, 0.2) is 5.75 Å². The van der Waals surface area contributed by atoms with Crippen LogP contribution in [0.5, 0.6) is 5.75 Å². The summed E-state index contributed by atoms with van der Waals surface area (Å²) in [7, 11) is -9.32. The van der Waals surface area contributed by atoms with Crippen LogP contribution in [-0.2, 0) is 29.6 Å². The van der Waals surface area contributed by atoms with E-state index in [0.29, 0.717) is 32.4 Å². The number of rotatable bonds is 8. The van der Waals surface area contributed by atoms with Crippen LogP contribution >= 0.6 is 0 Å². The molecular formula is C19H18F3N5O9S2. The van der Waals surface area contributed by atoms with Gasteiger partial charge in [0.05, 0.1) is 31.8 Å². The minimum atomic E-state index is -5.44. The number of fused-ring (bicyclic) bond motifs is 1. The highest BCUT2D eigenvalue weighted by molar-refractivity contribution is 7.92. The van der Waals surface area contributed by atoms with Crippen LogP contribution in [0.4, 0.5) is 18.9 Å². The number of aromatic nitrogens is 1. The van der Waals surface area contributed by atoms with Gasteiger partial charge in [-0.15, -0.1) is 13.2 Å². The average molecular weight is 582 g/mol. The van der Waals surface area contributed by atoms with Crippen molar-refractivity contribution in [1.29, 1.82) is 0 Å². The van der Waals surface area contributed by atoms with Crippen LogP contribution in [0, 0.1) is 0 Å². The van der Waals surface area contributed by atoms with E-state index in [1.54, 1.807) is 0 Å². The molecule has 1 fully saturated rings. The van der Waals surface area contributed by atoms with Crippen molar-refractivity contribution in [2.45, 2.75) is 16.4 Å². The molecule has 38 heavy (non-hydrogen) atoms. The number of halogens is 3. The van der Waals surface area contributed by atoms with Crippen molar-refractivity contribution in [2.24, 2.45) is 0 Å². The lowest BCUT2D eigenvalue weighted by Crippen LogP contribution is -2.43. The van der Waals surface area contributed by atoms with E-state index in [4.69, 9.17) is 4.74 Å². The molecule has 4 rings (SSSR count). The van der Waals surface area contributed by atoms with E-state index < -0.39 is 70.8 Å². The van der Waals surface area contributed by atoms with Crippen molar-refractivity contribution in [2.75, 3.05) is 37.7 Å². The average Bonchev–Trinajstić information content (AvgIpc) is 3.44. The van der Waals surface area contributed by atoms with Crippen molar-refractivity contribution >= 4 is 43.6 Å². The number of sulfonamides is 2. The molecule has 1 saturated heterocycles. The highest BCUT2D eigenvalue weighted by Gasteiger charge is 2.42. The molecule has 2 amide bonds. The third kappa shape index (κ3) is 6.06. The van der Waals surface area contributed by atoms with Crippen molar-refractivity contribution in [3.63, 3.8) is 0 Å². The van der Waals surface area contributed by atoms with E-state index in [9.17, 15) is 39.6 Å². The van der Waals surface area contributed by atoms with E-state index in [-0.39, 0.29) is 6.67 Å². The van der Waals surface area contributed by atoms with E-state index in [2.05, 4.69) is 19.7 Å². The van der Waals surface area contributed by atoms with Crippen molar-refractivity contribution in [1.82, 2.24) is 20.1 Å². The third-order valence-electron chi connectivity index (χ3n) is 5.15. The SMILES string of the molecule is O=C(C=Cc1c(NS(=O)(=O)c2ccno2)cc2c(c1OC(F)(F)F)C(=O)NS2(=O)=O)NCN1CCOCC1. The van der Waals surface area contributed by atoms with Crippen molar-refractivity contribution in [3.8, 4) is 5.75 Å². The first-order chi connectivity index (χ1) is 17.8. The summed E-state index contributed by atoms with van der Waals surface area (Å²) in [6, 6.07) is 1.53. The molecule has 206 valence electrons. The smallest absolute Gasteiger partial charge is 0.404 e. The number of alkyl halides is 3. The molecule has 0 aliphatic carbocycles. The lowest BCUT2D eigenvalue weighted by molar-refractivity contribution is -0.274. The Kier molecular flexibility index (Phi) is 7.37. The van der Waals surface area contributed by atoms with E-state index in [1.165, 1.54) is 4.72 Å². The van der Waals surface area contributed by atoms with Crippen molar-refractivity contribution in [3.05, 3.63) is 35.5 Å². The van der Waals surface area contributed by atoms with Gasteiger partial charge in [-0.3, -0.25) is 19.2 Å². The molecule has 0 saturated carbocycles. The molecule has 2 aliphatic rings. The Balaban J connectivity index is 1.79. The topological polar surface area (TPSA) is 186 Å². The number of nitrogens with zero attached hydrogens (tertiary/aromatic N) is 2. The van der Waals surface area contributed by atoms with Crippen LogP contribution in [-0.4, -0.2) is 78.0 Å². The standard InChI is InChI=1S/C19H18F3N5O9S2/c20-19(21,22)35-17-11(1-2-14(28)23-10-27-5-7-34-8-6-27)12(25-38(32,33)15-3-4-24-36-15)9-13-16(17)18(29)26-37(13,30)31/h1-4,9,25H,5-8,10H2,(H,23,28)(H,26,29). The Morgan fingerprint density at radius 3 is 2.63 bits per heavy atom. The van der Waals surface area contributed by atoms with E-state index in [0.717, 1.165) is 24.4 Å². The van der Waals surface area contributed by atoms with E-state index >= 15 is 0 Å². The molecule has 3 heterocycles. The number of carbonyl (C=O) groups excluding carboxylic acids is 2. The first-order valence-electron chi connectivity index (χ1n) is 10.5. The Hall–Kier alpha value is -3.68. The van der Waals surface area contributed by atoms with Gasteiger partial charge in [-0.2, -0.15) is 8.42 Å². The van der Waals surface area contributed by atoms with Gasteiger partial charge in [0.2, 0.25) is 5.91 Å². The van der Waals surface area contributed by atoms with Crippen LogP contribution in [0.15, 0.2) is 38.9 Å². The number of morpholine rings is 1. The van der Waals surface area contributed by atoms with Gasteiger partial charge in [-0.1, -0.05) is 5.16 Å². The minimum absolute atomic E-state index is 0.0776. The van der Waals surface area contributed by atoms with Gasteiger partial charge < -0.3 is 19.3 Å². The predicted molar refractivity (Wildman–Crippen MR) is 120 cm³/mol. The number of amides is 2. The number of nitrogens with one attached hydrogen (secondary N) is 3. The number of ether oxygens (including phenoxy) is 2. The predicted octanol–water partition coefficient (Wildman–Crippen LogP) is 0.225. The first kappa shape index (κ1) is 27.4. The quantitative estimate of drug-likeness (QED) is 0.362. The zero-order valence-electron chi connectivity index (χ0n) is 18.9. The molecule has 0 atom stereocenters. The number of hydrogen-bond acceptors (Lipinski definition) is 11. The summed E-state index contributed by atoms with van der Waals surface area (Å²) in [4.78, 5) is 25.6. The number of hydrogen-bond donors (Lipinski definition) is 3. The Labute approximate surface area is 212 Å². The lowest BCUT2D eigenvalue weighted by atomic mass is 10.0. The molecule has 0 radical (unpaired) electrons. The van der Waals surface area contributed by atoms with Gasteiger partial charge in [0.25, 0.3) is 31.0 Å². The fourth-order valence-electron chi connectivity index (χ4n) is 3.48. The fraction of sp³-hybridized carbons (Fsp3) is 0.316. The Bertz CT molecular complexity index is 1480. The molecule has 0 bridgehead atoms. The molecule has 0 spiro atoms. The molecule has 1 aromatic heterocycles. The third-order valence-corrected chi connectivity index (χ3v) is 7.73. The second kappa shape index (κ2) is 10.2. The molecule has 2 aromatic rings. The van der Waals surface area contributed by atoms with Crippen LogP contribution < -0.4 is 19.5 Å². The summed E-state index contributed by atoms with van der Waals surface area (Å²) in [5.74, 6) is -3.59. The Morgan fingerprint density at radius 2 is 2.00 bits per heavy atom. The van der Waals surface area contributed by atoms with Gasteiger partial charge in [-0.05, 0) is 12.1 Å². The maximum Gasteiger partial charge on any atom is 0.573 e. The summed E-state index contributed by atoms with van der Waals surface area (Å²) in [6.07, 6.45) is -2.96. The summed E-state index contributed by atoms with van der Waals surface area (Å²) < 4.78 is 107. The monoisotopic (exact) mass is 581 g/mol. The fourth-order valence-corrected chi connectivity index (χ4v) is 5.60. The van der Waals surface area contributed by atoms with Gasteiger partial charge in [0, 0.05) is 30.8 Å². The molecule has 0 unspecified atom stereocenters. The zero-order valence-corrected chi connectivity index (χ0v) is 20.6. The summed E-state index contributed by atoms with van der Waals surface area (Å²) in [5.41, 5.74) is -2.56. The van der Waals surface area contributed by atoms with Gasteiger partial charge in [-0.25, -0.2) is 13.1 Å². The number of benzene rings is 1. The summed E-state index contributed by atoms with van der Waals surface area (Å²) in [6.45, 7) is 2.01. The first-order valence-corrected chi connectivity index (χ1v) is 13.5. The molecule has 1 aromatic carbocycles. The molecule has 14 nitrogen and oxygen atoms in total. The Morgan fingerprint density at radius 1 is 1.29 bits per heavy atom. The number of anilines is 1. The maximum absolute atomic E-state index is 13.3. The van der Waals surface area contributed by atoms with Crippen LogP contribution in [0.25, 0.3) is 6.08 Å². The second-order valence-corrected chi connectivity index (χ2v) is 11.0. The van der Waals surface area contributed by atoms with Crippen LogP contribution in [0.2, 0.25) is 0 Å². The highest BCUT2D eigenvalue weighted by atomic mass is 32.2. The number of carbonyl (C=O) groups is 2. The highest BCUT2D eigenvalue weighted by Crippen LogP contribution is 2.42. The summed E-state index contributed by atoms with van der Waals surface area (Å²) >= 11 is 0. The van der Waals surface area contributed by atoms with Gasteiger partial charge >= 0.3 is 6.36 Å². The van der Waals surface area contributed by atoms with Crippen LogP contribution in [0.1, 0.15) is 15.9 Å². The minimum Gasteiger partial charge on any atom is -0.404 e. The molecule has 2 aliphatic heterocycles. The second-order valence-electron chi connectivity index (χ2n) is 7.72. The lowest BCUT2D eigenvalue weighted by Gasteiger charge is -2.26. The zero-order chi connectivity index (χ0) is 27.7. The van der Waals surface area contributed by atoms with Crippen LogP contribution in [0.3, 0.4) is 0 Å². The van der Waals surface area contributed by atoms with Crippen molar-refractivity contribution < 1.29 is 53.6 Å². The normalized spacial score (nSPS) is 17.7. The molecular weight excluding hydrogens is 563 g/mol. The maximum atomic E-state index is 13.3. The molecule has 3 N–H and O–H groups in total.